The predicted octanol–water partition coefficient (Wildman–Crippen LogP) is 3.74. The summed E-state index contributed by atoms with van der Waals surface area (Å²) >= 11 is 5.85. The van der Waals surface area contributed by atoms with Crippen molar-refractivity contribution < 1.29 is 24.2 Å². The number of carboxylic acids is 1. The van der Waals surface area contributed by atoms with E-state index in [9.17, 15) is 14.7 Å². The van der Waals surface area contributed by atoms with Crippen molar-refractivity contribution >= 4 is 23.5 Å². The molecule has 2 atom stereocenters. The predicted molar refractivity (Wildman–Crippen MR) is 100 cm³/mol. The zero-order valence-corrected chi connectivity index (χ0v) is 15.3. The van der Waals surface area contributed by atoms with Crippen molar-refractivity contribution in [1.82, 2.24) is 5.32 Å². The molecule has 142 valence electrons. The largest absolute Gasteiger partial charge is 0.480 e. The fourth-order valence-corrected chi connectivity index (χ4v) is 3.10. The molecule has 0 aliphatic carbocycles. The highest BCUT2D eigenvalue weighted by molar-refractivity contribution is 6.30. The summed E-state index contributed by atoms with van der Waals surface area (Å²) in [6.07, 6.45) is 1.49. The Balaban J connectivity index is 1.70. The normalized spacial score (nSPS) is 17.7. The molecular formula is C20H20ClNO5. The van der Waals surface area contributed by atoms with Crippen LogP contribution >= 0.6 is 11.6 Å². The summed E-state index contributed by atoms with van der Waals surface area (Å²) in [4.78, 5) is 24.2. The fourth-order valence-electron chi connectivity index (χ4n) is 2.97. The Morgan fingerprint density at radius 2 is 1.96 bits per heavy atom. The lowest BCUT2D eigenvalue weighted by molar-refractivity contribution is -0.142. The Hall–Kier alpha value is -2.57. The van der Waals surface area contributed by atoms with Gasteiger partial charge in [-0.3, -0.25) is 4.79 Å². The molecule has 2 aromatic rings. The van der Waals surface area contributed by atoms with E-state index in [0.717, 1.165) is 6.42 Å². The zero-order chi connectivity index (χ0) is 19.2. The molecule has 0 saturated carbocycles. The zero-order valence-electron chi connectivity index (χ0n) is 14.6. The third-order valence-corrected chi connectivity index (χ3v) is 4.62. The van der Waals surface area contributed by atoms with Crippen molar-refractivity contribution in [2.75, 3.05) is 13.2 Å². The second-order valence-corrected chi connectivity index (χ2v) is 6.79. The number of carbonyl (C=O) groups is 2. The van der Waals surface area contributed by atoms with Gasteiger partial charge in [-0.2, -0.15) is 0 Å². The third-order valence-electron chi connectivity index (χ3n) is 4.37. The van der Waals surface area contributed by atoms with Gasteiger partial charge >= 0.3 is 5.97 Å². The van der Waals surface area contributed by atoms with Crippen molar-refractivity contribution in [3.05, 3.63) is 59.1 Å². The van der Waals surface area contributed by atoms with Gasteiger partial charge < -0.3 is 19.9 Å². The number of hydrogen-bond acceptors (Lipinski definition) is 4. The van der Waals surface area contributed by atoms with Crippen LogP contribution < -0.4 is 10.1 Å². The molecule has 2 N–H and O–H groups in total. The Bertz CT molecular complexity index is 802. The number of nitrogens with one attached hydrogen (secondary N) is 1. The van der Waals surface area contributed by atoms with Crippen molar-refractivity contribution in [2.45, 2.75) is 18.9 Å². The van der Waals surface area contributed by atoms with Crippen LogP contribution in [0.2, 0.25) is 5.02 Å². The van der Waals surface area contributed by atoms with E-state index in [1.165, 1.54) is 0 Å². The molecule has 27 heavy (non-hydrogen) atoms. The first kappa shape index (κ1) is 19.2. The monoisotopic (exact) mass is 389 g/mol. The van der Waals surface area contributed by atoms with Crippen LogP contribution in [0.25, 0.3) is 0 Å². The summed E-state index contributed by atoms with van der Waals surface area (Å²) in [5.74, 6) is -0.715. The highest BCUT2D eigenvalue weighted by atomic mass is 35.5. The van der Waals surface area contributed by atoms with Gasteiger partial charge in [0.25, 0.3) is 5.91 Å². The van der Waals surface area contributed by atoms with Gasteiger partial charge in [-0.1, -0.05) is 17.7 Å². The molecule has 1 heterocycles. The lowest BCUT2D eigenvalue weighted by Crippen LogP contribution is -2.48. The Kier molecular flexibility index (Phi) is 6.32. The molecule has 3 rings (SSSR count). The molecule has 1 fully saturated rings. The molecule has 2 unspecified atom stereocenters. The first-order valence-electron chi connectivity index (χ1n) is 8.68. The highest BCUT2D eigenvalue weighted by Crippen LogP contribution is 2.24. The number of aliphatic carboxylic acids is 1. The van der Waals surface area contributed by atoms with Crippen molar-refractivity contribution in [3.63, 3.8) is 0 Å². The van der Waals surface area contributed by atoms with Crippen LogP contribution in [0.15, 0.2) is 48.5 Å². The molecule has 0 aromatic heterocycles. The molecule has 0 radical (unpaired) electrons. The minimum atomic E-state index is -1.06. The molecule has 2 aromatic carbocycles. The Labute approximate surface area is 162 Å². The molecule has 1 saturated heterocycles. The summed E-state index contributed by atoms with van der Waals surface area (Å²) < 4.78 is 11.1. The summed E-state index contributed by atoms with van der Waals surface area (Å²) in [6, 6.07) is 12.4. The smallest absolute Gasteiger partial charge is 0.326 e. The lowest BCUT2D eigenvalue weighted by Gasteiger charge is -2.28. The van der Waals surface area contributed by atoms with Gasteiger partial charge in [-0.25, -0.2) is 4.79 Å². The first-order valence-corrected chi connectivity index (χ1v) is 9.05. The Morgan fingerprint density at radius 3 is 2.63 bits per heavy atom. The molecule has 0 bridgehead atoms. The molecule has 1 aliphatic rings. The molecule has 7 heteroatoms. The summed E-state index contributed by atoms with van der Waals surface area (Å²) in [5.41, 5.74) is 0.324. The number of halogens is 1. The summed E-state index contributed by atoms with van der Waals surface area (Å²) in [5, 5.41) is 12.7. The second-order valence-electron chi connectivity index (χ2n) is 6.35. The van der Waals surface area contributed by atoms with E-state index in [0.29, 0.717) is 41.7 Å². The number of benzene rings is 2. The van der Waals surface area contributed by atoms with Crippen molar-refractivity contribution in [2.24, 2.45) is 5.92 Å². The van der Waals surface area contributed by atoms with Crippen LogP contribution in [0, 0.1) is 5.92 Å². The molecule has 1 amide bonds. The van der Waals surface area contributed by atoms with Gasteiger partial charge in [-0.15, -0.1) is 0 Å². The standard InChI is InChI=1S/C20H20ClNO5/c21-15-6-8-16(9-7-15)27-17-5-1-3-13(11-17)19(23)22-18(20(24)25)14-4-2-10-26-12-14/h1,3,5-9,11,14,18H,2,4,10,12H2,(H,22,23)(H,24,25). The number of hydrogen-bond donors (Lipinski definition) is 2. The van der Waals surface area contributed by atoms with Crippen LogP contribution in [0.4, 0.5) is 0 Å². The van der Waals surface area contributed by atoms with Gasteiger partial charge in [-0.05, 0) is 55.3 Å². The topological polar surface area (TPSA) is 84.9 Å². The second kappa shape index (κ2) is 8.88. The number of rotatable bonds is 6. The van der Waals surface area contributed by atoms with Gasteiger partial charge in [0.1, 0.15) is 17.5 Å². The molecule has 1 aliphatic heterocycles. The van der Waals surface area contributed by atoms with E-state index < -0.39 is 17.9 Å². The minimum absolute atomic E-state index is 0.242. The van der Waals surface area contributed by atoms with E-state index in [1.54, 1.807) is 48.5 Å². The van der Waals surface area contributed by atoms with Crippen LogP contribution in [-0.2, 0) is 9.53 Å². The molecule has 6 nitrogen and oxygen atoms in total. The first-order chi connectivity index (χ1) is 13.0. The highest BCUT2D eigenvalue weighted by Gasteiger charge is 2.31. The number of amides is 1. The number of carbonyl (C=O) groups excluding carboxylic acids is 1. The maximum atomic E-state index is 12.6. The van der Waals surface area contributed by atoms with Crippen molar-refractivity contribution in [3.8, 4) is 11.5 Å². The van der Waals surface area contributed by atoms with E-state index in [4.69, 9.17) is 21.1 Å². The summed E-state index contributed by atoms with van der Waals surface area (Å²) in [7, 11) is 0. The van der Waals surface area contributed by atoms with Crippen LogP contribution in [-0.4, -0.2) is 36.2 Å². The summed E-state index contributed by atoms with van der Waals surface area (Å²) in [6.45, 7) is 0.956. The Morgan fingerprint density at radius 1 is 1.19 bits per heavy atom. The SMILES string of the molecule is O=C(NC(C(=O)O)C1CCCOC1)c1cccc(Oc2ccc(Cl)cc2)c1. The molecule has 0 spiro atoms. The van der Waals surface area contributed by atoms with Crippen LogP contribution in [0.1, 0.15) is 23.2 Å². The van der Waals surface area contributed by atoms with Crippen LogP contribution in [0.3, 0.4) is 0 Å². The van der Waals surface area contributed by atoms with Crippen LogP contribution in [0.5, 0.6) is 11.5 Å². The van der Waals surface area contributed by atoms with E-state index in [-0.39, 0.29) is 5.92 Å². The third kappa shape index (κ3) is 5.21. The van der Waals surface area contributed by atoms with Gasteiger partial charge in [0.2, 0.25) is 0 Å². The quantitative estimate of drug-likeness (QED) is 0.786. The van der Waals surface area contributed by atoms with E-state index in [2.05, 4.69) is 5.32 Å². The molecular weight excluding hydrogens is 370 g/mol. The average Bonchev–Trinajstić information content (AvgIpc) is 2.68. The van der Waals surface area contributed by atoms with Gasteiger partial charge in [0.05, 0.1) is 6.61 Å². The lowest BCUT2D eigenvalue weighted by atomic mass is 9.93. The number of ether oxygens (including phenoxy) is 2. The minimum Gasteiger partial charge on any atom is -0.480 e. The van der Waals surface area contributed by atoms with Gasteiger partial charge in [0, 0.05) is 23.1 Å². The number of carboxylic acid groups (broad SMARTS) is 1. The maximum absolute atomic E-state index is 12.6. The van der Waals surface area contributed by atoms with E-state index >= 15 is 0 Å². The van der Waals surface area contributed by atoms with E-state index in [1.807, 2.05) is 0 Å². The average molecular weight is 390 g/mol. The maximum Gasteiger partial charge on any atom is 0.326 e. The fraction of sp³-hybridized carbons (Fsp3) is 0.300. The van der Waals surface area contributed by atoms with Crippen molar-refractivity contribution in [1.29, 1.82) is 0 Å². The van der Waals surface area contributed by atoms with Gasteiger partial charge in [0.15, 0.2) is 0 Å².